The summed E-state index contributed by atoms with van der Waals surface area (Å²) in [5, 5.41) is 3.65. The summed E-state index contributed by atoms with van der Waals surface area (Å²) in [6, 6.07) is 0.598. The van der Waals surface area contributed by atoms with Crippen LogP contribution in [-0.4, -0.2) is 25.8 Å². The summed E-state index contributed by atoms with van der Waals surface area (Å²) in [6.07, 6.45) is 8.25. The van der Waals surface area contributed by atoms with E-state index in [0.29, 0.717) is 17.4 Å². The standard InChI is InChI=1S/C16H33NO/c1-14(2)12-18-11-10-16(13-17-15(3)4)8-6-5-7-9-16/h14-15,17H,5-13H2,1-4H3. The summed E-state index contributed by atoms with van der Waals surface area (Å²) >= 11 is 0. The van der Waals surface area contributed by atoms with E-state index in [4.69, 9.17) is 4.74 Å². The number of hydrogen-bond acceptors (Lipinski definition) is 2. The van der Waals surface area contributed by atoms with Crippen LogP contribution in [0.15, 0.2) is 0 Å². The van der Waals surface area contributed by atoms with Gasteiger partial charge in [-0.25, -0.2) is 0 Å². The minimum atomic E-state index is 0.513. The Balaban J connectivity index is 2.34. The first-order valence-electron chi connectivity index (χ1n) is 7.85. The molecule has 1 fully saturated rings. The first kappa shape index (κ1) is 16.0. The Morgan fingerprint density at radius 2 is 1.72 bits per heavy atom. The van der Waals surface area contributed by atoms with Crippen LogP contribution in [0, 0.1) is 11.3 Å². The summed E-state index contributed by atoms with van der Waals surface area (Å²) in [6.45, 7) is 12.0. The van der Waals surface area contributed by atoms with Crippen molar-refractivity contribution in [3.05, 3.63) is 0 Å². The molecule has 18 heavy (non-hydrogen) atoms. The Morgan fingerprint density at radius 3 is 2.28 bits per heavy atom. The maximum Gasteiger partial charge on any atom is 0.0488 e. The molecule has 0 aromatic carbocycles. The zero-order valence-electron chi connectivity index (χ0n) is 12.9. The molecule has 1 saturated carbocycles. The van der Waals surface area contributed by atoms with Crippen molar-refractivity contribution in [3.63, 3.8) is 0 Å². The van der Waals surface area contributed by atoms with E-state index in [1.54, 1.807) is 0 Å². The van der Waals surface area contributed by atoms with Crippen LogP contribution in [0.3, 0.4) is 0 Å². The van der Waals surface area contributed by atoms with Crippen molar-refractivity contribution in [2.45, 2.75) is 72.3 Å². The topological polar surface area (TPSA) is 21.3 Å². The molecule has 2 heteroatoms. The molecule has 1 aliphatic carbocycles. The van der Waals surface area contributed by atoms with E-state index in [0.717, 1.165) is 13.2 Å². The molecule has 0 aromatic heterocycles. The average Bonchev–Trinajstić information content (AvgIpc) is 2.33. The molecule has 0 amide bonds. The van der Waals surface area contributed by atoms with Gasteiger partial charge >= 0.3 is 0 Å². The number of ether oxygens (including phenoxy) is 1. The van der Waals surface area contributed by atoms with Crippen LogP contribution < -0.4 is 5.32 Å². The van der Waals surface area contributed by atoms with Crippen molar-refractivity contribution in [1.82, 2.24) is 5.32 Å². The van der Waals surface area contributed by atoms with Gasteiger partial charge in [-0.15, -0.1) is 0 Å². The van der Waals surface area contributed by atoms with Gasteiger partial charge in [-0.3, -0.25) is 0 Å². The lowest BCUT2D eigenvalue weighted by Crippen LogP contribution is -2.39. The number of rotatable bonds is 8. The maximum atomic E-state index is 5.80. The highest BCUT2D eigenvalue weighted by atomic mass is 16.5. The molecule has 0 aliphatic heterocycles. The molecular weight excluding hydrogens is 222 g/mol. The largest absolute Gasteiger partial charge is 0.381 e. The van der Waals surface area contributed by atoms with E-state index < -0.39 is 0 Å². The van der Waals surface area contributed by atoms with Gasteiger partial charge in [0.1, 0.15) is 0 Å². The van der Waals surface area contributed by atoms with E-state index in [1.807, 2.05) is 0 Å². The van der Waals surface area contributed by atoms with Gasteiger partial charge in [-0.1, -0.05) is 47.0 Å². The minimum Gasteiger partial charge on any atom is -0.381 e. The van der Waals surface area contributed by atoms with Gasteiger partial charge in [-0.05, 0) is 30.6 Å². The van der Waals surface area contributed by atoms with E-state index in [2.05, 4.69) is 33.0 Å². The van der Waals surface area contributed by atoms with Gasteiger partial charge < -0.3 is 10.1 Å². The number of nitrogens with one attached hydrogen (secondary N) is 1. The highest BCUT2D eigenvalue weighted by molar-refractivity contribution is 4.85. The van der Waals surface area contributed by atoms with Gasteiger partial charge in [0.2, 0.25) is 0 Å². The van der Waals surface area contributed by atoms with Crippen LogP contribution in [0.4, 0.5) is 0 Å². The third kappa shape index (κ3) is 6.19. The molecule has 0 unspecified atom stereocenters. The molecule has 2 nitrogen and oxygen atoms in total. The van der Waals surface area contributed by atoms with Gasteiger partial charge in [0.15, 0.2) is 0 Å². The predicted octanol–water partition coefficient (Wildman–Crippen LogP) is 4.00. The number of hydrogen-bond donors (Lipinski definition) is 1. The molecule has 0 saturated heterocycles. The quantitative estimate of drug-likeness (QED) is 0.662. The first-order valence-corrected chi connectivity index (χ1v) is 7.85. The van der Waals surface area contributed by atoms with Crippen molar-refractivity contribution in [2.24, 2.45) is 11.3 Å². The average molecular weight is 255 g/mol. The van der Waals surface area contributed by atoms with Gasteiger partial charge in [0, 0.05) is 25.8 Å². The molecule has 1 N–H and O–H groups in total. The molecule has 0 bridgehead atoms. The fraction of sp³-hybridized carbons (Fsp3) is 1.00. The van der Waals surface area contributed by atoms with Crippen molar-refractivity contribution in [2.75, 3.05) is 19.8 Å². The lowest BCUT2D eigenvalue weighted by molar-refractivity contribution is 0.0593. The normalized spacial score (nSPS) is 19.7. The Kier molecular flexibility index (Phi) is 7.25. The highest BCUT2D eigenvalue weighted by Crippen LogP contribution is 2.38. The Hall–Kier alpha value is -0.0800. The molecule has 1 rings (SSSR count). The summed E-state index contributed by atoms with van der Waals surface area (Å²) in [5.74, 6) is 0.654. The fourth-order valence-corrected chi connectivity index (χ4v) is 2.85. The third-order valence-electron chi connectivity index (χ3n) is 4.03. The van der Waals surface area contributed by atoms with Crippen molar-refractivity contribution in [3.8, 4) is 0 Å². The summed E-state index contributed by atoms with van der Waals surface area (Å²) in [4.78, 5) is 0. The molecule has 0 atom stereocenters. The Labute approximate surface area is 114 Å². The predicted molar refractivity (Wildman–Crippen MR) is 78.9 cm³/mol. The lowest BCUT2D eigenvalue weighted by Gasteiger charge is -2.38. The van der Waals surface area contributed by atoms with Crippen molar-refractivity contribution >= 4 is 0 Å². The molecule has 0 radical (unpaired) electrons. The molecule has 1 aliphatic rings. The van der Waals surface area contributed by atoms with Gasteiger partial charge in [0.25, 0.3) is 0 Å². The molecule has 0 heterocycles. The van der Waals surface area contributed by atoms with E-state index >= 15 is 0 Å². The summed E-state index contributed by atoms with van der Waals surface area (Å²) in [7, 11) is 0. The monoisotopic (exact) mass is 255 g/mol. The maximum absolute atomic E-state index is 5.80. The zero-order valence-corrected chi connectivity index (χ0v) is 12.9. The van der Waals surface area contributed by atoms with Crippen LogP contribution in [0.1, 0.15) is 66.2 Å². The highest BCUT2D eigenvalue weighted by Gasteiger charge is 2.31. The van der Waals surface area contributed by atoms with E-state index in [-0.39, 0.29) is 0 Å². The van der Waals surface area contributed by atoms with Crippen LogP contribution in [0.5, 0.6) is 0 Å². The van der Waals surface area contributed by atoms with Crippen LogP contribution >= 0.6 is 0 Å². The minimum absolute atomic E-state index is 0.513. The zero-order chi connectivity index (χ0) is 13.4. The SMILES string of the molecule is CC(C)COCCC1(CNC(C)C)CCCCC1. The smallest absolute Gasteiger partial charge is 0.0488 e. The summed E-state index contributed by atoms with van der Waals surface area (Å²) in [5.41, 5.74) is 0.513. The lowest BCUT2D eigenvalue weighted by atomic mass is 9.72. The van der Waals surface area contributed by atoms with Gasteiger partial charge in [0.05, 0.1) is 0 Å². The first-order chi connectivity index (χ1) is 8.54. The van der Waals surface area contributed by atoms with Crippen LogP contribution in [0.25, 0.3) is 0 Å². The molecule has 0 aromatic rings. The Bertz CT molecular complexity index is 207. The van der Waals surface area contributed by atoms with Crippen molar-refractivity contribution < 1.29 is 4.74 Å². The molecular formula is C16H33NO. The second kappa shape index (κ2) is 8.16. The fourth-order valence-electron chi connectivity index (χ4n) is 2.85. The molecule has 108 valence electrons. The van der Waals surface area contributed by atoms with E-state index in [1.165, 1.54) is 45.1 Å². The van der Waals surface area contributed by atoms with Crippen LogP contribution in [0.2, 0.25) is 0 Å². The van der Waals surface area contributed by atoms with E-state index in [9.17, 15) is 0 Å². The summed E-state index contributed by atoms with van der Waals surface area (Å²) < 4.78 is 5.80. The second-order valence-corrected chi connectivity index (χ2v) is 6.82. The van der Waals surface area contributed by atoms with Crippen LogP contribution in [-0.2, 0) is 4.74 Å². The second-order valence-electron chi connectivity index (χ2n) is 6.82. The van der Waals surface area contributed by atoms with Gasteiger partial charge in [-0.2, -0.15) is 0 Å². The van der Waals surface area contributed by atoms with Crippen molar-refractivity contribution in [1.29, 1.82) is 0 Å². The Morgan fingerprint density at radius 1 is 1.06 bits per heavy atom. The molecule has 0 spiro atoms. The third-order valence-corrected chi connectivity index (χ3v) is 4.03.